The summed E-state index contributed by atoms with van der Waals surface area (Å²) in [6.07, 6.45) is 1.72. The molecule has 2 heterocycles. The first kappa shape index (κ1) is 18.7. The number of aryl methyl sites for hydroxylation is 1. The largest absolute Gasteiger partial charge is 0.319 e. The van der Waals surface area contributed by atoms with Gasteiger partial charge in [0, 0.05) is 25.1 Å². The second-order valence-electron chi connectivity index (χ2n) is 6.48. The van der Waals surface area contributed by atoms with E-state index >= 15 is 0 Å². The molecule has 2 aromatic carbocycles. The molecule has 6 nitrogen and oxygen atoms in total. The molecule has 2 aromatic heterocycles. The topological polar surface area (TPSA) is 80.7 Å². The van der Waals surface area contributed by atoms with Crippen LogP contribution >= 0.6 is 11.8 Å². The average molecular weight is 400 g/mol. The maximum atomic E-state index is 13.2. The number of para-hydroxylation sites is 1. The number of hydrogen-bond donors (Lipinski definition) is 0. The summed E-state index contributed by atoms with van der Waals surface area (Å²) in [4.78, 5) is 29.8. The monoisotopic (exact) mass is 400 g/mol. The highest BCUT2D eigenvalue weighted by atomic mass is 32.2. The van der Waals surface area contributed by atoms with Crippen LogP contribution in [0.2, 0.25) is 0 Å². The van der Waals surface area contributed by atoms with Crippen molar-refractivity contribution in [1.82, 2.24) is 14.1 Å². The van der Waals surface area contributed by atoms with Crippen LogP contribution in [-0.2, 0) is 12.8 Å². The van der Waals surface area contributed by atoms with Gasteiger partial charge in [-0.1, -0.05) is 23.9 Å². The zero-order valence-electron chi connectivity index (χ0n) is 15.6. The molecule has 0 spiro atoms. The minimum absolute atomic E-state index is 0.0842. The van der Waals surface area contributed by atoms with Gasteiger partial charge < -0.3 is 4.57 Å². The van der Waals surface area contributed by atoms with Gasteiger partial charge in [0.25, 0.3) is 11.1 Å². The fraction of sp³-hybridized carbons (Fsp3) is 0.0909. The van der Waals surface area contributed by atoms with E-state index in [-0.39, 0.29) is 11.1 Å². The Morgan fingerprint density at radius 1 is 1.07 bits per heavy atom. The molecule has 0 aliphatic heterocycles. The van der Waals surface area contributed by atoms with Crippen LogP contribution in [0.4, 0.5) is 0 Å². The molecule has 0 unspecified atom stereocenters. The molecule has 0 N–H and O–H groups in total. The lowest BCUT2D eigenvalue weighted by Crippen LogP contribution is -2.21. The van der Waals surface area contributed by atoms with Crippen LogP contribution in [0.15, 0.2) is 81.6 Å². The first-order valence-electron chi connectivity index (χ1n) is 8.87. The van der Waals surface area contributed by atoms with Crippen molar-refractivity contribution in [3.8, 4) is 11.8 Å². The van der Waals surface area contributed by atoms with E-state index in [0.29, 0.717) is 33.1 Å². The van der Waals surface area contributed by atoms with Crippen molar-refractivity contribution < 1.29 is 0 Å². The van der Waals surface area contributed by atoms with E-state index in [1.807, 2.05) is 18.2 Å². The molecule has 7 heteroatoms. The Labute approximate surface area is 170 Å². The molecule has 0 amide bonds. The summed E-state index contributed by atoms with van der Waals surface area (Å²) in [7, 11) is 1.70. The van der Waals surface area contributed by atoms with Crippen molar-refractivity contribution in [2.45, 2.75) is 10.9 Å². The van der Waals surface area contributed by atoms with E-state index in [0.717, 1.165) is 5.56 Å². The number of aromatic nitrogens is 3. The zero-order valence-corrected chi connectivity index (χ0v) is 16.4. The molecule has 0 atom stereocenters. The van der Waals surface area contributed by atoms with E-state index in [4.69, 9.17) is 5.26 Å². The Hall–Kier alpha value is -3.63. The first-order valence-corrected chi connectivity index (χ1v) is 9.86. The number of fused-ring (bicyclic) bond motifs is 1. The average Bonchev–Trinajstić information content (AvgIpc) is 2.75. The molecule has 0 bridgehead atoms. The fourth-order valence-electron chi connectivity index (χ4n) is 2.95. The van der Waals surface area contributed by atoms with Crippen LogP contribution in [0.25, 0.3) is 16.6 Å². The zero-order chi connectivity index (χ0) is 20.4. The Balaban J connectivity index is 1.82. The highest BCUT2D eigenvalue weighted by Gasteiger charge is 2.13. The van der Waals surface area contributed by atoms with Gasteiger partial charge >= 0.3 is 0 Å². The standard InChI is InChI=1S/C22H16N4O2S/c1-25-11-10-16(12-20(25)27)14-29-22-24-19-5-3-2-4-18(19)21(28)26(22)17-8-6-15(13-23)7-9-17/h2-12H,14H2,1H3. The van der Waals surface area contributed by atoms with Gasteiger partial charge in [0.15, 0.2) is 5.16 Å². The molecule has 0 radical (unpaired) electrons. The summed E-state index contributed by atoms with van der Waals surface area (Å²) in [5.41, 5.74) is 2.37. The smallest absolute Gasteiger partial charge is 0.266 e. The molecule has 0 fully saturated rings. The molecular weight excluding hydrogens is 384 g/mol. The van der Waals surface area contributed by atoms with Crippen molar-refractivity contribution in [1.29, 1.82) is 5.26 Å². The Bertz CT molecular complexity index is 1360. The van der Waals surface area contributed by atoms with Gasteiger partial charge in [0.05, 0.1) is 28.2 Å². The summed E-state index contributed by atoms with van der Waals surface area (Å²) < 4.78 is 3.06. The molecule has 4 aromatic rings. The lowest BCUT2D eigenvalue weighted by Gasteiger charge is -2.13. The minimum atomic E-state index is -0.174. The lowest BCUT2D eigenvalue weighted by molar-refractivity contribution is 0.819. The molecule has 0 aliphatic carbocycles. The Morgan fingerprint density at radius 3 is 2.55 bits per heavy atom. The second kappa shape index (κ2) is 7.78. The summed E-state index contributed by atoms with van der Waals surface area (Å²) in [6, 6.07) is 19.6. The third-order valence-corrected chi connectivity index (χ3v) is 5.55. The fourth-order valence-corrected chi connectivity index (χ4v) is 3.90. The van der Waals surface area contributed by atoms with Crippen molar-refractivity contribution in [2.24, 2.45) is 7.05 Å². The second-order valence-corrected chi connectivity index (χ2v) is 7.43. The van der Waals surface area contributed by atoms with Crippen molar-refractivity contribution in [2.75, 3.05) is 0 Å². The number of thioether (sulfide) groups is 1. The number of rotatable bonds is 4. The van der Waals surface area contributed by atoms with E-state index in [9.17, 15) is 9.59 Å². The van der Waals surface area contributed by atoms with E-state index in [1.165, 1.54) is 16.3 Å². The lowest BCUT2D eigenvalue weighted by atomic mass is 10.2. The number of pyridine rings is 1. The van der Waals surface area contributed by atoms with Gasteiger partial charge in [0.2, 0.25) is 0 Å². The van der Waals surface area contributed by atoms with Gasteiger partial charge in [-0.05, 0) is 48.0 Å². The quantitative estimate of drug-likeness (QED) is 0.388. The summed E-state index contributed by atoms with van der Waals surface area (Å²) >= 11 is 1.39. The molecule has 29 heavy (non-hydrogen) atoms. The highest BCUT2D eigenvalue weighted by molar-refractivity contribution is 7.98. The van der Waals surface area contributed by atoms with Gasteiger partial charge in [-0.3, -0.25) is 14.2 Å². The van der Waals surface area contributed by atoms with E-state index in [2.05, 4.69) is 11.1 Å². The molecule has 142 valence electrons. The number of nitriles is 1. The molecule has 4 rings (SSSR count). The minimum Gasteiger partial charge on any atom is -0.319 e. The third-order valence-electron chi connectivity index (χ3n) is 4.54. The van der Waals surface area contributed by atoms with Crippen LogP contribution in [0.5, 0.6) is 0 Å². The molecule has 0 saturated carbocycles. The molecule has 0 saturated heterocycles. The Kier molecular flexibility index (Phi) is 5.02. The number of nitrogens with zero attached hydrogens (tertiary/aromatic N) is 4. The number of benzene rings is 2. The maximum Gasteiger partial charge on any atom is 0.266 e. The van der Waals surface area contributed by atoms with Crippen LogP contribution in [-0.4, -0.2) is 14.1 Å². The van der Waals surface area contributed by atoms with E-state index in [1.54, 1.807) is 60.3 Å². The van der Waals surface area contributed by atoms with Crippen LogP contribution in [0, 0.1) is 11.3 Å². The van der Waals surface area contributed by atoms with Crippen LogP contribution in [0.1, 0.15) is 11.1 Å². The van der Waals surface area contributed by atoms with Crippen molar-refractivity contribution in [3.05, 3.63) is 98.7 Å². The van der Waals surface area contributed by atoms with Gasteiger partial charge in [-0.15, -0.1) is 0 Å². The maximum absolute atomic E-state index is 13.2. The number of hydrogen-bond acceptors (Lipinski definition) is 5. The summed E-state index contributed by atoms with van der Waals surface area (Å²) in [6.45, 7) is 0. The third kappa shape index (κ3) is 3.71. The van der Waals surface area contributed by atoms with Gasteiger partial charge in [-0.2, -0.15) is 5.26 Å². The van der Waals surface area contributed by atoms with Crippen molar-refractivity contribution >= 4 is 22.7 Å². The SMILES string of the molecule is Cn1ccc(CSc2nc3ccccc3c(=O)n2-c2ccc(C#N)cc2)cc1=O. The highest BCUT2D eigenvalue weighted by Crippen LogP contribution is 2.24. The molecule has 0 aliphatic rings. The predicted molar refractivity (Wildman–Crippen MR) is 113 cm³/mol. The van der Waals surface area contributed by atoms with Crippen LogP contribution in [0.3, 0.4) is 0 Å². The van der Waals surface area contributed by atoms with Crippen molar-refractivity contribution in [3.63, 3.8) is 0 Å². The predicted octanol–water partition coefficient (Wildman–Crippen LogP) is 3.25. The first-order chi connectivity index (χ1) is 14.1. The summed E-state index contributed by atoms with van der Waals surface area (Å²) in [5, 5.41) is 10.1. The van der Waals surface area contributed by atoms with Gasteiger partial charge in [-0.25, -0.2) is 4.98 Å². The van der Waals surface area contributed by atoms with E-state index < -0.39 is 0 Å². The Morgan fingerprint density at radius 2 is 1.83 bits per heavy atom. The normalized spacial score (nSPS) is 10.8. The van der Waals surface area contributed by atoms with Crippen LogP contribution < -0.4 is 11.1 Å². The summed E-state index contributed by atoms with van der Waals surface area (Å²) in [5.74, 6) is 0.497. The van der Waals surface area contributed by atoms with Gasteiger partial charge in [0.1, 0.15) is 0 Å². The molecular formula is C22H16N4O2S.